The topological polar surface area (TPSA) is 88.6 Å². The van der Waals surface area contributed by atoms with E-state index in [0.717, 1.165) is 18.2 Å². The Kier molecular flexibility index (Phi) is 6.54. The van der Waals surface area contributed by atoms with Crippen molar-refractivity contribution in [3.8, 4) is 11.5 Å². The molecule has 0 aliphatic carbocycles. The van der Waals surface area contributed by atoms with Crippen LogP contribution >= 0.6 is 0 Å². The van der Waals surface area contributed by atoms with E-state index >= 15 is 0 Å². The fourth-order valence-corrected chi connectivity index (χ4v) is 3.70. The number of carbonyl (C=O) groups is 1. The van der Waals surface area contributed by atoms with Crippen LogP contribution < -0.4 is 20.3 Å². The number of amides is 2. The predicted octanol–water partition coefficient (Wildman–Crippen LogP) is 5.32. The minimum absolute atomic E-state index is 0.0719. The summed E-state index contributed by atoms with van der Waals surface area (Å²) in [5.41, 5.74) is 1.36. The number of ether oxygens (including phenoxy) is 2. The van der Waals surface area contributed by atoms with Crippen LogP contribution in [-0.2, 0) is 4.74 Å². The Morgan fingerprint density at radius 2 is 1.64 bits per heavy atom. The maximum atomic E-state index is 14.5. The summed E-state index contributed by atoms with van der Waals surface area (Å²) >= 11 is 0. The van der Waals surface area contributed by atoms with Gasteiger partial charge in [-0.15, -0.1) is 0 Å². The van der Waals surface area contributed by atoms with Crippen molar-refractivity contribution in [3.05, 3.63) is 78.2 Å². The third-order valence-corrected chi connectivity index (χ3v) is 5.37. The summed E-state index contributed by atoms with van der Waals surface area (Å²) in [6.07, 6.45) is 1.70. The van der Waals surface area contributed by atoms with Crippen molar-refractivity contribution in [2.45, 2.75) is 0 Å². The number of urea groups is 1. The number of nitrogens with zero attached hydrogens (tertiary/aromatic N) is 3. The van der Waals surface area contributed by atoms with E-state index in [-0.39, 0.29) is 17.1 Å². The molecule has 184 valence electrons. The molecule has 2 heterocycles. The summed E-state index contributed by atoms with van der Waals surface area (Å²) in [6, 6.07) is 10.6. The molecular weight excluding hydrogens is 475 g/mol. The van der Waals surface area contributed by atoms with E-state index in [4.69, 9.17) is 9.47 Å². The van der Waals surface area contributed by atoms with Gasteiger partial charge in [-0.25, -0.2) is 22.9 Å². The van der Waals surface area contributed by atoms with Crippen LogP contribution in [0.15, 0.2) is 60.8 Å². The van der Waals surface area contributed by atoms with E-state index < -0.39 is 23.5 Å². The minimum Gasteiger partial charge on any atom is -0.454 e. The molecule has 1 aliphatic heterocycles. The monoisotopic (exact) mass is 495 g/mol. The number of hydrogen-bond acceptors (Lipinski definition) is 6. The van der Waals surface area contributed by atoms with Gasteiger partial charge in [-0.3, -0.25) is 4.98 Å². The number of carbonyl (C=O) groups excluding carboxylic acids is 1. The Hall–Kier alpha value is -4.38. The zero-order chi connectivity index (χ0) is 25.1. The van der Waals surface area contributed by atoms with E-state index in [2.05, 4.69) is 25.5 Å². The molecule has 5 rings (SSSR count). The molecule has 1 aromatic heterocycles. The maximum absolute atomic E-state index is 14.5. The van der Waals surface area contributed by atoms with Gasteiger partial charge in [-0.2, -0.15) is 0 Å². The van der Waals surface area contributed by atoms with Gasteiger partial charge >= 0.3 is 6.03 Å². The van der Waals surface area contributed by atoms with E-state index in [1.165, 1.54) is 12.1 Å². The fraction of sp³-hybridized carbons (Fsp3) is 0.160. The molecule has 0 radical (unpaired) electrons. The highest BCUT2D eigenvalue weighted by molar-refractivity contribution is 5.99. The number of anilines is 3. The number of benzene rings is 3. The van der Waals surface area contributed by atoms with E-state index in [1.807, 2.05) is 0 Å². The first-order valence-electron chi connectivity index (χ1n) is 11.0. The number of halogens is 3. The molecule has 2 N–H and O–H groups in total. The molecule has 36 heavy (non-hydrogen) atoms. The third-order valence-electron chi connectivity index (χ3n) is 5.37. The molecular formula is C25H20F3N5O3. The lowest BCUT2D eigenvalue weighted by Crippen LogP contribution is -2.36. The summed E-state index contributed by atoms with van der Waals surface area (Å²) in [5.74, 6) is -1.42. The summed E-state index contributed by atoms with van der Waals surface area (Å²) in [7, 11) is 0. The van der Waals surface area contributed by atoms with Crippen LogP contribution in [0.2, 0.25) is 0 Å². The van der Waals surface area contributed by atoms with Crippen molar-refractivity contribution in [2.24, 2.45) is 0 Å². The van der Waals surface area contributed by atoms with Crippen LogP contribution in [0.25, 0.3) is 11.0 Å². The molecule has 11 heteroatoms. The molecule has 1 saturated heterocycles. The van der Waals surface area contributed by atoms with Crippen molar-refractivity contribution >= 4 is 34.3 Å². The molecule has 0 saturated carbocycles. The van der Waals surface area contributed by atoms with Gasteiger partial charge in [0.2, 0.25) is 0 Å². The highest BCUT2D eigenvalue weighted by Crippen LogP contribution is 2.29. The second kappa shape index (κ2) is 10.1. The van der Waals surface area contributed by atoms with Crippen molar-refractivity contribution < 1.29 is 27.4 Å². The summed E-state index contributed by atoms with van der Waals surface area (Å²) in [4.78, 5) is 23.4. The average molecular weight is 495 g/mol. The van der Waals surface area contributed by atoms with Gasteiger partial charge in [0.1, 0.15) is 23.2 Å². The van der Waals surface area contributed by atoms with E-state index in [1.54, 1.807) is 24.4 Å². The number of aromatic nitrogens is 2. The highest BCUT2D eigenvalue weighted by Gasteiger charge is 2.14. The van der Waals surface area contributed by atoms with E-state index in [9.17, 15) is 18.0 Å². The first kappa shape index (κ1) is 23.4. The third kappa shape index (κ3) is 5.47. The molecule has 3 aromatic carbocycles. The number of nitrogens with one attached hydrogen (secondary N) is 2. The quantitative estimate of drug-likeness (QED) is 0.390. The van der Waals surface area contributed by atoms with Gasteiger partial charge in [0.05, 0.1) is 30.4 Å². The lowest BCUT2D eigenvalue weighted by atomic mass is 10.2. The van der Waals surface area contributed by atoms with Crippen molar-refractivity contribution in [2.75, 3.05) is 41.8 Å². The highest BCUT2D eigenvalue weighted by atomic mass is 19.1. The Balaban J connectivity index is 1.31. The van der Waals surface area contributed by atoms with Gasteiger partial charge < -0.3 is 25.0 Å². The lowest BCUT2D eigenvalue weighted by Gasteiger charge is -2.27. The van der Waals surface area contributed by atoms with Gasteiger partial charge in [0.25, 0.3) is 0 Å². The zero-order valence-corrected chi connectivity index (χ0v) is 18.8. The zero-order valence-electron chi connectivity index (χ0n) is 18.8. The van der Waals surface area contributed by atoms with Gasteiger partial charge in [-0.1, -0.05) is 0 Å². The second-order valence-corrected chi connectivity index (χ2v) is 7.96. The van der Waals surface area contributed by atoms with Crippen LogP contribution in [-0.4, -0.2) is 42.3 Å². The number of morpholine rings is 1. The Morgan fingerprint density at radius 1 is 0.889 bits per heavy atom. The van der Waals surface area contributed by atoms with Crippen LogP contribution in [0.5, 0.6) is 11.5 Å². The van der Waals surface area contributed by atoms with Crippen molar-refractivity contribution in [3.63, 3.8) is 0 Å². The molecule has 1 aliphatic rings. The molecule has 0 bridgehead atoms. The molecule has 4 aromatic rings. The summed E-state index contributed by atoms with van der Waals surface area (Å²) in [6.45, 7) is 2.65. The number of rotatable bonds is 5. The normalized spacial score (nSPS) is 13.5. The molecule has 2 amide bonds. The summed E-state index contributed by atoms with van der Waals surface area (Å²) in [5, 5.41) is 4.79. The van der Waals surface area contributed by atoms with Crippen LogP contribution in [0.1, 0.15) is 0 Å². The Labute approximate surface area is 203 Å². The average Bonchev–Trinajstić information content (AvgIpc) is 2.85. The number of hydrogen-bond donors (Lipinski definition) is 2. The molecule has 8 nitrogen and oxygen atoms in total. The Morgan fingerprint density at radius 3 is 2.42 bits per heavy atom. The maximum Gasteiger partial charge on any atom is 0.323 e. The smallest absolute Gasteiger partial charge is 0.323 e. The minimum atomic E-state index is -0.833. The standard InChI is InChI=1S/C25H20F3N5O3/c26-15-9-16(27)11-18(10-15)31-25(34)30-17-1-3-20(28)23(12-17)36-19-2-4-21-22(13-19)32-24(14-29-21)33-5-7-35-8-6-33/h1-4,9-14H,5-8H2,(H2,30,31,34). The van der Waals surface area contributed by atoms with E-state index in [0.29, 0.717) is 55.0 Å². The van der Waals surface area contributed by atoms with Gasteiger partial charge in [0, 0.05) is 42.7 Å². The van der Waals surface area contributed by atoms with Gasteiger partial charge in [-0.05, 0) is 36.4 Å². The fourth-order valence-electron chi connectivity index (χ4n) is 3.70. The first-order chi connectivity index (χ1) is 17.4. The second-order valence-electron chi connectivity index (χ2n) is 7.96. The molecule has 0 unspecified atom stereocenters. The van der Waals surface area contributed by atoms with Crippen LogP contribution in [0.4, 0.5) is 35.2 Å². The molecule has 1 fully saturated rings. The predicted molar refractivity (Wildman–Crippen MR) is 128 cm³/mol. The lowest BCUT2D eigenvalue weighted by molar-refractivity contribution is 0.122. The SMILES string of the molecule is O=C(Nc1cc(F)cc(F)c1)Nc1ccc(F)c(Oc2ccc3ncc(N4CCOCC4)nc3c2)c1. The molecule has 0 atom stereocenters. The van der Waals surface area contributed by atoms with Crippen LogP contribution in [0.3, 0.4) is 0 Å². The Bertz CT molecular complexity index is 1410. The summed E-state index contributed by atoms with van der Waals surface area (Å²) < 4.78 is 52.2. The largest absolute Gasteiger partial charge is 0.454 e. The molecule has 0 spiro atoms. The van der Waals surface area contributed by atoms with Crippen molar-refractivity contribution in [1.29, 1.82) is 0 Å². The van der Waals surface area contributed by atoms with Crippen LogP contribution in [0, 0.1) is 17.5 Å². The number of fused-ring (bicyclic) bond motifs is 1. The van der Waals surface area contributed by atoms with Gasteiger partial charge in [0.15, 0.2) is 11.6 Å². The van der Waals surface area contributed by atoms with Crippen molar-refractivity contribution in [1.82, 2.24) is 9.97 Å². The first-order valence-corrected chi connectivity index (χ1v) is 11.0.